The van der Waals surface area contributed by atoms with Crippen molar-refractivity contribution in [2.45, 2.75) is 0 Å². The van der Waals surface area contributed by atoms with Gasteiger partial charge in [-0.15, -0.1) is 0 Å². The molecule has 0 bridgehead atoms. The molecule has 4 nitrogen and oxygen atoms in total. The van der Waals surface area contributed by atoms with Crippen LogP contribution in [0.15, 0.2) is 42.7 Å². The van der Waals surface area contributed by atoms with Crippen molar-refractivity contribution in [3.63, 3.8) is 0 Å². The number of esters is 1. The summed E-state index contributed by atoms with van der Waals surface area (Å²) in [6, 6.07) is 8.25. The fourth-order valence-corrected chi connectivity index (χ4v) is 1.53. The first kappa shape index (κ1) is 12.4. The van der Waals surface area contributed by atoms with E-state index >= 15 is 0 Å². The minimum Gasteiger partial charge on any atom is -0.465 e. The zero-order valence-corrected chi connectivity index (χ0v) is 10.3. The Kier molecular flexibility index (Phi) is 3.79. The Bertz CT molecular complexity index is 554. The zero-order valence-electron chi connectivity index (χ0n) is 9.59. The molecule has 0 unspecified atom stereocenters. The molecule has 0 N–H and O–H groups in total. The smallest absolute Gasteiger partial charge is 0.337 e. The van der Waals surface area contributed by atoms with E-state index in [1.54, 1.807) is 36.5 Å². The van der Waals surface area contributed by atoms with Crippen LogP contribution < -0.4 is 4.74 Å². The van der Waals surface area contributed by atoms with Gasteiger partial charge >= 0.3 is 5.97 Å². The minimum absolute atomic E-state index is 0.383. The highest BCUT2D eigenvalue weighted by molar-refractivity contribution is 6.30. The molecule has 0 saturated heterocycles. The summed E-state index contributed by atoms with van der Waals surface area (Å²) in [7, 11) is 1.34. The van der Waals surface area contributed by atoms with Crippen molar-refractivity contribution < 1.29 is 14.3 Å². The van der Waals surface area contributed by atoms with Gasteiger partial charge in [0.25, 0.3) is 0 Å². The number of halogens is 1. The number of aromatic nitrogens is 1. The molecule has 0 aliphatic carbocycles. The summed E-state index contributed by atoms with van der Waals surface area (Å²) < 4.78 is 10.1. The van der Waals surface area contributed by atoms with Crippen LogP contribution in [0, 0.1) is 0 Å². The molecular weight excluding hydrogens is 254 g/mol. The van der Waals surface area contributed by atoms with Gasteiger partial charge < -0.3 is 9.47 Å². The van der Waals surface area contributed by atoms with E-state index in [9.17, 15) is 4.79 Å². The Hall–Kier alpha value is -2.07. The van der Waals surface area contributed by atoms with E-state index in [0.29, 0.717) is 22.1 Å². The lowest BCUT2D eigenvalue weighted by Crippen LogP contribution is -2.00. The molecular formula is C13H10ClNO3. The van der Waals surface area contributed by atoms with Crippen LogP contribution in [0.5, 0.6) is 11.5 Å². The van der Waals surface area contributed by atoms with E-state index in [1.807, 2.05) is 0 Å². The predicted octanol–water partition coefficient (Wildman–Crippen LogP) is 3.31. The Morgan fingerprint density at radius 3 is 2.50 bits per heavy atom. The predicted molar refractivity (Wildman–Crippen MR) is 67.1 cm³/mol. The van der Waals surface area contributed by atoms with E-state index in [1.165, 1.54) is 13.3 Å². The maximum Gasteiger partial charge on any atom is 0.337 e. The summed E-state index contributed by atoms with van der Waals surface area (Å²) in [6.07, 6.45) is 3.08. The van der Waals surface area contributed by atoms with Crippen molar-refractivity contribution in [1.82, 2.24) is 4.98 Å². The Balaban J connectivity index is 2.13. The number of nitrogens with zero attached hydrogens (tertiary/aromatic N) is 1. The lowest BCUT2D eigenvalue weighted by Gasteiger charge is -2.06. The van der Waals surface area contributed by atoms with Gasteiger partial charge in [-0.3, -0.25) is 4.98 Å². The molecule has 2 aromatic rings. The van der Waals surface area contributed by atoms with Crippen LogP contribution in [-0.2, 0) is 4.74 Å². The van der Waals surface area contributed by atoms with Crippen molar-refractivity contribution in [1.29, 1.82) is 0 Å². The molecule has 0 atom stereocenters. The number of benzene rings is 1. The minimum atomic E-state index is -0.383. The molecule has 0 aliphatic heterocycles. The van der Waals surface area contributed by atoms with Gasteiger partial charge in [0, 0.05) is 12.3 Å². The van der Waals surface area contributed by atoms with Gasteiger partial charge in [0.05, 0.1) is 23.9 Å². The Morgan fingerprint density at radius 2 is 1.89 bits per heavy atom. The molecule has 0 fully saturated rings. The summed E-state index contributed by atoms with van der Waals surface area (Å²) in [6.45, 7) is 0. The quantitative estimate of drug-likeness (QED) is 0.797. The number of hydrogen-bond acceptors (Lipinski definition) is 4. The summed E-state index contributed by atoms with van der Waals surface area (Å²) in [5, 5.41) is 0.499. The van der Waals surface area contributed by atoms with Gasteiger partial charge in [0.2, 0.25) is 0 Å². The second-order valence-electron chi connectivity index (χ2n) is 3.46. The fourth-order valence-electron chi connectivity index (χ4n) is 1.36. The standard InChI is InChI=1S/C13H10ClNO3/c1-17-13(16)9-2-4-11(5-3-9)18-12-6-10(14)7-15-8-12/h2-8H,1H3. The largest absolute Gasteiger partial charge is 0.465 e. The molecule has 5 heteroatoms. The number of pyridine rings is 1. The fraction of sp³-hybridized carbons (Fsp3) is 0.0769. The van der Waals surface area contributed by atoms with Crippen LogP contribution in [-0.4, -0.2) is 18.1 Å². The Labute approximate surface area is 109 Å². The number of rotatable bonds is 3. The molecule has 0 saturated carbocycles. The lowest BCUT2D eigenvalue weighted by molar-refractivity contribution is 0.0600. The van der Waals surface area contributed by atoms with Crippen LogP contribution in [0.4, 0.5) is 0 Å². The van der Waals surface area contributed by atoms with Crippen molar-refractivity contribution in [2.75, 3.05) is 7.11 Å². The molecule has 1 aromatic heterocycles. The first-order valence-corrected chi connectivity index (χ1v) is 5.53. The molecule has 2 rings (SSSR count). The molecule has 1 heterocycles. The summed E-state index contributed by atoms with van der Waals surface area (Å²) in [5.74, 6) is 0.742. The monoisotopic (exact) mass is 263 g/mol. The molecule has 0 amide bonds. The molecule has 92 valence electrons. The molecule has 0 aliphatic rings. The van der Waals surface area contributed by atoms with Crippen LogP contribution in [0.3, 0.4) is 0 Å². The van der Waals surface area contributed by atoms with E-state index in [0.717, 1.165) is 0 Å². The average molecular weight is 264 g/mol. The van der Waals surface area contributed by atoms with Crippen molar-refractivity contribution in [3.8, 4) is 11.5 Å². The lowest BCUT2D eigenvalue weighted by atomic mass is 10.2. The van der Waals surface area contributed by atoms with Gasteiger partial charge in [-0.1, -0.05) is 11.6 Å². The highest BCUT2D eigenvalue weighted by Crippen LogP contribution is 2.23. The number of carbonyl (C=O) groups is 1. The molecule has 1 aromatic carbocycles. The van der Waals surface area contributed by atoms with Gasteiger partial charge in [-0.25, -0.2) is 4.79 Å². The third-order valence-electron chi connectivity index (χ3n) is 2.19. The van der Waals surface area contributed by atoms with Crippen LogP contribution in [0.2, 0.25) is 5.02 Å². The molecule has 18 heavy (non-hydrogen) atoms. The second-order valence-corrected chi connectivity index (χ2v) is 3.89. The van der Waals surface area contributed by atoms with Crippen molar-refractivity contribution in [3.05, 3.63) is 53.3 Å². The van der Waals surface area contributed by atoms with E-state index in [2.05, 4.69) is 9.72 Å². The summed E-state index contributed by atoms with van der Waals surface area (Å²) in [5.41, 5.74) is 0.467. The maximum atomic E-state index is 11.2. The SMILES string of the molecule is COC(=O)c1ccc(Oc2cncc(Cl)c2)cc1. The summed E-state index contributed by atoms with van der Waals surface area (Å²) in [4.78, 5) is 15.1. The normalized spacial score (nSPS) is 9.89. The number of hydrogen-bond donors (Lipinski definition) is 0. The van der Waals surface area contributed by atoms with Gasteiger partial charge in [0.15, 0.2) is 0 Å². The molecule has 0 spiro atoms. The van der Waals surface area contributed by atoms with E-state index in [4.69, 9.17) is 16.3 Å². The summed E-state index contributed by atoms with van der Waals surface area (Å²) >= 11 is 5.79. The zero-order chi connectivity index (χ0) is 13.0. The van der Waals surface area contributed by atoms with Gasteiger partial charge in [0.1, 0.15) is 11.5 Å². The number of carbonyl (C=O) groups excluding carboxylic acids is 1. The van der Waals surface area contributed by atoms with Crippen LogP contribution in [0.25, 0.3) is 0 Å². The Morgan fingerprint density at radius 1 is 1.17 bits per heavy atom. The van der Waals surface area contributed by atoms with E-state index in [-0.39, 0.29) is 5.97 Å². The maximum absolute atomic E-state index is 11.2. The third kappa shape index (κ3) is 2.99. The van der Waals surface area contributed by atoms with Crippen LogP contribution in [0.1, 0.15) is 10.4 Å². The van der Waals surface area contributed by atoms with Gasteiger partial charge in [-0.05, 0) is 24.3 Å². The van der Waals surface area contributed by atoms with Crippen molar-refractivity contribution >= 4 is 17.6 Å². The van der Waals surface area contributed by atoms with Crippen molar-refractivity contribution in [2.24, 2.45) is 0 Å². The first-order valence-electron chi connectivity index (χ1n) is 5.16. The van der Waals surface area contributed by atoms with Gasteiger partial charge in [-0.2, -0.15) is 0 Å². The second kappa shape index (κ2) is 5.51. The third-order valence-corrected chi connectivity index (χ3v) is 2.40. The van der Waals surface area contributed by atoms with E-state index < -0.39 is 0 Å². The number of ether oxygens (including phenoxy) is 2. The highest BCUT2D eigenvalue weighted by Gasteiger charge is 2.05. The van der Waals surface area contributed by atoms with Crippen LogP contribution >= 0.6 is 11.6 Å². The molecule has 0 radical (unpaired) electrons. The number of methoxy groups -OCH3 is 1. The first-order chi connectivity index (χ1) is 8.69. The highest BCUT2D eigenvalue weighted by atomic mass is 35.5. The average Bonchev–Trinajstić information content (AvgIpc) is 2.39. The topological polar surface area (TPSA) is 48.4 Å².